The van der Waals surface area contributed by atoms with Gasteiger partial charge in [0, 0.05) is 22.0 Å². The maximum absolute atomic E-state index is 13.5. The molecule has 0 spiro atoms. The molecule has 2 aromatic heterocycles. The predicted octanol–water partition coefficient (Wildman–Crippen LogP) is 6.83. The van der Waals surface area contributed by atoms with Gasteiger partial charge in [0.2, 0.25) is 5.82 Å². The van der Waals surface area contributed by atoms with Gasteiger partial charge in [0.15, 0.2) is 11.5 Å². The van der Waals surface area contributed by atoms with Crippen LogP contribution in [-0.2, 0) is 6.61 Å². The zero-order chi connectivity index (χ0) is 27.6. The number of fused-ring (bicyclic) bond motifs is 2. The Bertz CT molecular complexity index is 1980. The van der Waals surface area contributed by atoms with Crippen LogP contribution in [-0.4, -0.2) is 20.8 Å². The predicted molar refractivity (Wildman–Crippen MR) is 153 cm³/mol. The van der Waals surface area contributed by atoms with E-state index < -0.39 is 10.5 Å². The minimum Gasteiger partial charge on any atom is -0.482 e. The molecule has 0 amide bonds. The number of nitro benzene ring substituents is 1. The molecule has 2 heterocycles. The molecular weight excluding hydrogens is 532 g/mol. The molecule has 6 rings (SSSR count). The molecule has 196 valence electrons. The van der Waals surface area contributed by atoms with E-state index in [0.29, 0.717) is 32.8 Å². The molecule has 0 unspecified atom stereocenters. The van der Waals surface area contributed by atoms with Gasteiger partial charge in [-0.1, -0.05) is 54.1 Å². The number of para-hydroxylation sites is 1. The maximum Gasteiger partial charge on any atom is 0.311 e. The van der Waals surface area contributed by atoms with Crippen molar-refractivity contribution < 1.29 is 14.1 Å². The summed E-state index contributed by atoms with van der Waals surface area (Å²) in [6.07, 6.45) is 1.36. The van der Waals surface area contributed by atoms with Crippen LogP contribution in [0.15, 0.2) is 111 Å². The summed E-state index contributed by atoms with van der Waals surface area (Å²) in [5.74, 6) is 0.606. The molecule has 0 aliphatic carbocycles. The third-order valence-corrected chi connectivity index (χ3v) is 6.43. The normalized spacial score (nSPS) is 11.4. The highest BCUT2D eigenvalue weighted by atomic mass is 35.5. The summed E-state index contributed by atoms with van der Waals surface area (Å²) in [4.78, 5) is 29.4. The monoisotopic (exact) mass is 550 g/mol. The highest BCUT2D eigenvalue weighted by Crippen LogP contribution is 2.30. The number of furan rings is 1. The van der Waals surface area contributed by atoms with Gasteiger partial charge in [-0.15, -0.1) is 0 Å². The number of hydrogen-bond acceptors (Lipinski definition) is 7. The van der Waals surface area contributed by atoms with Gasteiger partial charge in [-0.3, -0.25) is 14.9 Å². The van der Waals surface area contributed by atoms with Gasteiger partial charge >= 0.3 is 5.69 Å². The SMILES string of the molecule is O=c1c2ccccc2nc(-c2cc3cc(Cl)ccc3o2)n1N=Cc1ccc(OCc2ccccc2)c([N+](=O)[O-])c1. The van der Waals surface area contributed by atoms with Crippen LogP contribution in [0.2, 0.25) is 5.02 Å². The van der Waals surface area contributed by atoms with Gasteiger partial charge < -0.3 is 9.15 Å². The Morgan fingerprint density at radius 1 is 1.00 bits per heavy atom. The third-order valence-electron chi connectivity index (χ3n) is 6.19. The fourth-order valence-corrected chi connectivity index (χ4v) is 4.43. The maximum atomic E-state index is 13.5. The van der Waals surface area contributed by atoms with Crippen LogP contribution in [0.4, 0.5) is 5.69 Å². The first-order chi connectivity index (χ1) is 19.5. The molecule has 0 fully saturated rings. The third kappa shape index (κ3) is 4.93. The molecule has 0 atom stereocenters. The van der Waals surface area contributed by atoms with Crippen LogP contribution < -0.4 is 10.3 Å². The second-order valence-corrected chi connectivity index (χ2v) is 9.30. The van der Waals surface area contributed by atoms with E-state index in [0.717, 1.165) is 15.6 Å². The van der Waals surface area contributed by atoms with Gasteiger partial charge in [-0.25, -0.2) is 4.98 Å². The number of benzene rings is 4. The lowest BCUT2D eigenvalue weighted by Gasteiger charge is -2.08. The zero-order valence-electron chi connectivity index (χ0n) is 20.7. The summed E-state index contributed by atoms with van der Waals surface area (Å²) in [6, 6.07) is 27.6. The molecule has 0 radical (unpaired) electrons. The van der Waals surface area contributed by atoms with Crippen molar-refractivity contribution in [3.63, 3.8) is 0 Å². The van der Waals surface area contributed by atoms with Gasteiger partial charge in [-0.05, 0) is 54.1 Å². The van der Waals surface area contributed by atoms with E-state index in [2.05, 4.69) is 10.1 Å². The van der Waals surface area contributed by atoms with Crippen molar-refractivity contribution >= 4 is 45.4 Å². The molecule has 9 nitrogen and oxygen atoms in total. The first-order valence-electron chi connectivity index (χ1n) is 12.2. The Labute approximate surface area is 231 Å². The molecule has 0 aliphatic heterocycles. The summed E-state index contributed by atoms with van der Waals surface area (Å²) in [6.45, 7) is 0.180. The minimum absolute atomic E-state index is 0.122. The Morgan fingerprint density at radius 3 is 2.62 bits per heavy atom. The molecule has 0 bridgehead atoms. The molecule has 0 N–H and O–H groups in total. The number of rotatable bonds is 7. The standard InChI is InChI=1S/C30H19ClN4O5/c31-22-11-13-26-21(15-22)16-28(40-26)29-33-24-9-5-4-8-23(24)30(36)34(29)32-17-20-10-12-27(25(14-20)35(37)38)39-18-19-6-2-1-3-7-19/h1-17H,18H2. The summed E-state index contributed by atoms with van der Waals surface area (Å²) in [7, 11) is 0. The summed E-state index contributed by atoms with van der Waals surface area (Å²) >= 11 is 6.13. The van der Waals surface area contributed by atoms with Crippen molar-refractivity contribution in [2.24, 2.45) is 5.10 Å². The van der Waals surface area contributed by atoms with Crippen LogP contribution in [0.1, 0.15) is 11.1 Å². The van der Waals surface area contributed by atoms with Crippen molar-refractivity contribution in [1.29, 1.82) is 0 Å². The summed E-state index contributed by atoms with van der Waals surface area (Å²) < 4.78 is 12.8. The van der Waals surface area contributed by atoms with E-state index in [1.54, 1.807) is 54.6 Å². The van der Waals surface area contributed by atoms with Crippen molar-refractivity contribution in [1.82, 2.24) is 9.66 Å². The molecule has 4 aromatic carbocycles. The Kier molecular flexibility index (Phi) is 6.55. The average Bonchev–Trinajstić information content (AvgIpc) is 3.39. The van der Waals surface area contributed by atoms with Gasteiger partial charge in [0.05, 0.1) is 22.0 Å². The highest BCUT2D eigenvalue weighted by Gasteiger charge is 2.18. The van der Waals surface area contributed by atoms with E-state index in [1.807, 2.05) is 30.3 Å². The van der Waals surface area contributed by atoms with Crippen molar-refractivity contribution in [3.05, 3.63) is 134 Å². The fraction of sp³-hybridized carbons (Fsp3) is 0.0333. The van der Waals surface area contributed by atoms with Crippen molar-refractivity contribution in [3.8, 4) is 17.3 Å². The lowest BCUT2D eigenvalue weighted by atomic mass is 10.2. The van der Waals surface area contributed by atoms with Gasteiger partial charge in [0.25, 0.3) is 5.56 Å². The average molecular weight is 551 g/mol. The molecule has 0 saturated heterocycles. The van der Waals surface area contributed by atoms with Crippen molar-refractivity contribution in [2.75, 3.05) is 0 Å². The lowest BCUT2D eigenvalue weighted by molar-refractivity contribution is -0.385. The summed E-state index contributed by atoms with van der Waals surface area (Å²) in [5.41, 5.74) is 1.67. The van der Waals surface area contributed by atoms with E-state index in [1.165, 1.54) is 18.3 Å². The first kappa shape index (κ1) is 25.0. The van der Waals surface area contributed by atoms with Crippen LogP contribution in [0.3, 0.4) is 0 Å². The summed E-state index contributed by atoms with van der Waals surface area (Å²) in [5, 5.41) is 17.8. The second-order valence-electron chi connectivity index (χ2n) is 8.87. The van der Waals surface area contributed by atoms with Gasteiger partial charge in [0.1, 0.15) is 12.2 Å². The molecule has 6 aromatic rings. The number of hydrogen-bond donors (Lipinski definition) is 0. The minimum atomic E-state index is -0.521. The Hall–Kier alpha value is -5.28. The number of ether oxygens (including phenoxy) is 1. The van der Waals surface area contributed by atoms with Crippen LogP contribution in [0.5, 0.6) is 5.75 Å². The Balaban J connectivity index is 1.40. The lowest BCUT2D eigenvalue weighted by Crippen LogP contribution is -2.20. The van der Waals surface area contributed by atoms with Crippen LogP contribution in [0, 0.1) is 10.1 Å². The van der Waals surface area contributed by atoms with Crippen LogP contribution >= 0.6 is 11.6 Å². The second kappa shape index (κ2) is 10.5. The Morgan fingerprint density at radius 2 is 1.80 bits per heavy atom. The first-order valence-corrected chi connectivity index (χ1v) is 12.5. The topological polar surface area (TPSA) is 113 Å². The van der Waals surface area contributed by atoms with Gasteiger partial charge in [-0.2, -0.15) is 9.78 Å². The number of aromatic nitrogens is 2. The molecule has 10 heteroatoms. The molecular formula is C30H19ClN4O5. The highest BCUT2D eigenvalue weighted by molar-refractivity contribution is 6.31. The van der Waals surface area contributed by atoms with Crippen LogP contribution in [0.25, 0.3) is 33.5 Å². The quantitative estimate of drug-likeness (QED) is 0.122. The number of halogens is 1. The fourth-order valence-electron chi connectivity index (χ4n) is 4.25. The molecule has 0 aliphatic rings. The smallest absolute Gasteiger partial charge is 0.311 e. The number of nitro groups is 1. The largest absolute Gasteiger partial charge is 0.482 e. The van der Waals surface area contributed by atoms with E-state index in [9.17, 15) is 14.9 Å². The molecule has 0 saturated carbocycles. The molecule has 40 heavy (non-hydrogen) atoms. The van der Waals surface area contributed by atoms with Crippen molar-refractivity contribution in [2.45, 2.75) is 6.61 Å². The van der Waals surface area contributed by atoms with E-state index >= 15 is 0 Å². The zero-order valence-corrected chi connectivity index (χ0v) is 21.5. The van der Waals surface area contributed by atoms with E-state index in [4.69, 9.17) is 20.8 Å². The van der Waals surface area contributed by atoms with E-state index in [-0.39, 0.29) is 23.9 Å². The number of nitrogens with zero attached hydrogens (tertiary/aromatic N) is 4.